The van der Waals surface area contributed by atoms with Crippen LogP contribution in [0.4, 0.5) is 4.79 Å². The molecule has 7 heteroatoms. The van der Waals surface area contributed by atoms with Gasteiger partial charge in [0.05, 0.1) is 5.25 Å². The number of carbonyl (C=O) groups is 1. The third-order valence-corrected chi connectivity index (χ3v) is 4.53. The van der Waals surface area contributed by atoms with Crippen molar-refractivity contribution in [1.82, 2.24) is 10.2 Å². The van der Waals surface area contributed by atoms with Gasteiger partial charge in [-0.25, -0.2) is 13.2 Å². The van der Waals surface area contributed by atoms with Crippen LogP contribution in [-0.2, 0) is 9.84 Å². The van der Waals surface area contributed by atoms with Crippen molar-refractivity contribution in [3.05, 3.63) is 0 Å². The van der Waals surface area contributed by atoms with E-state index in [9.17, 15) is 13.2 Å². The lowest BCUT2D eigenvalue weighted by molar-refractivity contribution is 0.188. The van der Waals surface area contributed by atoms with Gasteiger partial charge in [0.15, 0.2) is 0 Å². The van der Waals surface area contributed by atoms with Gasteiger partial charge in [0.25, 0.3) is 0 Å². The van der Waals surface area contributed by atoms with E-state index in [2.05, 4.69) is 10.2 Å². The van der Waals surface area contributed by atoms with Crippen molar-refractivity contribution in [1.29, 1.82) is 0 Å². The van der Waals surface area contributed by atoms with Gasteiger partial charge >= 0.3 is 6.09 Å². The second kappa shape index (κ2) is 5.49. The smallest absolute Gasteiger partial charge is 0.404 e. The molecule has 94 valence electrons. The second-order valence-electron chi connectivity index (χ2n) is 4.10. The van der Waals surface area contributed by atoms with Crippen LogP contribution < -0.4 is 5.32 Å². The minimum absolute atomic E-state index is 0.226. The molecule has 0 aromatic rings. The van der Waals surface area contributed by atoms with Gasteiger partial charge in [-0.3, -0.25) is 0 Å². The summed E-state index contributed by atoms with van der Waals surface area (Å²) in [4.78, 5) is 12.3. The molecule has 6 nitrogen and oxygen atoms in total. The molecule has 0 unspecified atom stereocenters. The summed E-state index contributed by atoms with van der Waals surface area (Å²) >= 11 is 0. The first-order valence-corrected chi connectivity index (χ1v) is 7.23. The first-order valence-electron chi connectivity index (χ1n) is 5.27. The van der Waals surface area contributed by atoms with Gasteiger partial charge in [0.1, 0.15) is 9.84 Å². The Morgan fingerprint density at radius 2 is 2.00 bits per heavy atom. The number of sulfone groups is 1. The molecule has 0 bridgehead atoms. The summed E-state index contributed by atoms with van der Waals surface area (Å²) in [6.45, 7) is 2.47. The molecule has 0 saturated carbocycles. The van der Waals surface area contributed by atoms with Gasteiger partial charge in [-0.05, 0) is 25.9 Å². The van der Waals surface area contributed by atoms with E-state index in [0.29, 0.717) is 25.9 Å². The standard InChI is InChI=1S/C9H18N2O4S/c1-16(14,15)8-2-5-11(6-3-8)7-4-10-9(12)13/h8,10H,2-7H2,1H3,(H,12,13). The number of amides is 1. The highest BCUT2D eigenvalue weighted by Crippen LogP contribution is 2.16. The molecule has 1 saturated heterocycles. The van der Waals surface area contributed by atoms with Gasteiger partial charge in [0.2, 0.25) is 0 Å². The lowest BCUT2D eigenvalue weighted by atomic mass is 10.1. The lowest BCUT2D eigenvalue weighted by Crippen LogP contribution is -2.42. The minimum atomic E-state index is -2.92. The molecule has 1 aliphatic rings. The zero-order chi connectivity index (χ0) is 12.2. The average Bonchev–Trinajstić information content (AvgIpc) is 2.16. The summed E-state index contributed by atoms with van der Waals surface area (Å²) in [7, 11) is -2.92. The number of piperidine rings is 1. The molecule has 2 N–H and O–H groups in total. The van der Waals surface area contributed by atoms with E-state index in [-0.39, 0.29) is 5.25 Å². The van der Waals surface area contributed by atoms with Crippen molar-refractivity contribution in [3.8, 4) is 0 Å². The number of nitrogens with zero attached hydrogens (tertiary/aromatic N) is 1. The van der Waals surface area contributed by atoms with Crippen molar-refractivity contribution in [3.63, 3.8) is 0 Å². The molecule has 1 heterocycles. The Bertz CT molecular complexity index is 333. The number of nitrogens with one attached hydrogen (secondary N) is 1. The van der Waals surface area contributed by atoms with Gasteiger partial charge < -0.3 is 15.3 Å². The number of hydrogen-bond acceptors (Lipinski definition) is 4. The number of rotatable bonds is 4. The Kier molecular flexibility index (Phi) is 4.55. The van der Waals surface area contributed by atoms with Crippen molar-refractivity contribution in [2.45, 2.75) is 18.1 Å². The zero-order valence-electron chi connectivity index (χ0n) is 9.35. The SMILES string of the molecule is CS(=O)(=O)C1CCN(CCNC(=O)O)CC1. The molecule has 0 radical (unpaired) electrons. The molecule has 1 rings (SSSR count). The van der Waals surface area contributed by atoms with Crippen LogP contribution in [0.3, 0.4) is 0 Å². The monoisotopic (exact) mass is 250 g/mol. The molecular weight excluding hydrogens is 232 g/mol. The first-order chi connectivity index (χ1) is 7.39. The van der Waals surface area contributed by atoms with Crippen LogP contribution in [0.15, 0.2) is 0 Å². The highest BCUT2D eigenvalue weighted by atomic mass is 32.2. The van der Waals surface area contributed by atoms with E-state index in [1.807, 2.05) is 0 Å². The maximum Gasteiger partial charge on any atom is 0.404 e. The largest absolute Gasteiger partial charge is 0.465 e. The maximum absolute atomic E-state index is 11.3. The summed E-state index contributed by atoms with van der Waals surface area (Å²) in [5.74, 6) is 0. The van der Waals surface area contributed by atoms with E-state index in [1.54, 1.807) is 0 Å². The predicted octanol–water partition coefficient (Wildman–Crippen LogP) is -0.237. The van der Waals surface area contributed by atoms with E-state index in [0.717, 1.165) is 13.1 Å². The van der Waals surface area contributed by atoms with E-state index >= 15 is 0 Å². The Labute approximate surface area is 95.5 Å². The molecular formula is C9H18N2O4S. The van der Waals surface area contributed by atoms with Crippen molar-refractivity contribution >= 4 is 15.9 Å². The van der Waals surface area contributed by atoms with E-state index in [1.165, 1.54) is 6.26 Å². The number of carboxylic acid groups (broad SMARTS) is 1. The third-order valence-electron chi connectivity index (χ3n) is 2.84. The first kappa shape index (κ1) is 13.2. The Morgan fingerprint density at radius 3 is 2.44 bits per heavy atom. The fourth-order valence-corrected chi connectivity index (χ4v) is 2.95. The van der Waals surface area contributed by atoms with Gasteiger partial charge in [0, 0.05) is 19.3 Å². The van der Waals surface area contributed by atoms with Gasteiger partial charge in [-0.1, -0.05) is 0 Å². The molecule has 16 heavy (non-hydrogen) atoms. The van der Waals surface area contributed by atoms with Crippen LogP contribution in [0.5, 0.6) is 0 Å². The van der Waals surface area contributed by atoms with E-state index < -0.39 is 15.9 Å². The van der Waals surface area contributed by atoms with E-state index in [4.69, 9.17) is 5.11 Å². The molecule has 0 aromatic heterocycles. The Balaban J connectivity index is 2.25. The molecule has 0 atom stereocenters. The average molecular weight is 250 g/mol. The summed E-state index contributed by atoms with van der Waals surface area (Å²) in [5, 5.41) is 10.4. The quantitative estimate of drug-likeness (QED) is 0.719. The van der Waals surface area contributed by atoms with Crippen LogP contribution in [-0.4, -0.2) is 62.2 Å². The summed E-state index contributed by atoms with van der Waals surface area (Å²) < 4.78 is 22.6. The minimum Gasteiger partial charge on any atom is -0.465 e. The molecule has 0 aromatic carbocycles. The number of likely N-dealkylation sites (tertiary alicyclic amines) is 1. The van der Waals surface area contributed by atoms with Crippen molar-refractivity contribution < 1.29 is 18.3 Å². The van der Waals surface area contributed by atoms with Crippen LogP contribution in [0.25, 0.3) is 0 Å². The van der Waals surface area contributed by atoms with Crippen LogP contribution in [0, 0.1) is 0 Å². The van der Waals surface area contributed by atoms with Crippen LogP contribution >= 0.6 is 0 Å². The Hall–Kier alpha value is -0.820. The molecule has 1 amide bonds. The fraction of sp³-hybridized carbons (Fsp3) is 0.889. The highest BCUT2D eigenvalue weighted by molar-refractivity contribution is 7.91. The number of hydrogen-bond donors (Lipinski definition) is 2. The third kappa shape index (κ3) is 4.36. The van der Waals surface area contributed by atoms with Gasteiger partial charge in [-0.15, -0.1) is 0 Å². The fourth-order valence-electron chi connectivity index (χ4n) is 1.88. The molecule has 1 aliphatic heterocycles. The predicted molar refractivity (Wildman–Crippen MR) is 60.3 cm³/mol. The summed E-state index contributed by atoms with van der Waals surface area (Å²) in [6.07, 6.45) is 1.54. The topological polar surface area (TPSA) is 86.7 Å². The second-order valence-corrected chi connectivity index (χ2v) is 6.43. The van der Waals surface area contributed by atoms with Gasteiger partial charge in [-0.2, -0.15) is 0 Å². The van der Waals surface area contributed by atoms with Crippen molar-refractivity contribution in [2.24, 2.45) is 0 Å². The molecule has 1 fully saturated rings. The summed E-state index contributed by atoms with van der Waals surface area (Å²) in [5.41, 5.74) is 0. The highest BCUT2D eigenvalue weighted by Gasteiger charge is 2.26. The molecule has 0 aliphatic carbocycles. The summed E-state index contributed by atoms with van der Waals surface area (Å²) in [6, 6.07) is 0. The molecule has 0 spiro atoms. The lowest BCUT2D eigenvalue weighted by Gasteiger charge is -2.30. The van der Waals surface area contributed by atoms with Crippen LogP contribution in [0.2, 0.25) is 0 Å². The van der Waals surface area contributed by atoms with Crippen LogP contribution in [0.1, 0.15) is 12.8 Å². The van der Waals surface area contributed by atoms with Crippen molar-refractivity contribution in [2.75, 3.05) is 32.4 Å². The maximum atomic E-state index is 11.3. The zero-order valence-corrected chi connectivity index (χ0v) is 10.2. The Morgan fingerprint density at radius 1 is 1.44 bits per heavy atom. The normalized spacial score (nSPS) is 19.6.